The Morgan fingerprint density at radius 3 is 2.62 bits per heavy atom. The highest BCUT2D eigenvalue weighted by Crippen LogP contribution is 2.21. The molecule has 16 heavy (non-hydrogen) atoms. The van der Waals surface area contributed by atoms with E-state index in [0.29, 0.717) is 16.8 Å². The molecule has 0 spiro atoms. The van der Waals surface area contributed by atoms with E-state index in [1.807, 2.05) is 20.8 Å². The maximum Gasteiger partial charge on any atom is 0.236 e. The Kier molecular flexibility index (Phi) is 3.70. The van der Waals surface area contributed by atoms with Crippen LogP contribution in [0.1, 0.15) is 26.6 Å². The molecule has 88 valence electrons. The number of carbonyl (C=O) groups excluding carboxylic acids is 1. The fraction of sp³-hybridized carbons (Fsp3) is 0.500. The number of aromatic nitrogens is 2. The molecule has 0 fully saturated rings. The van der Waals surface area contributed by atoms with Gasteiger partial charge in [-0.1, -0.05) is 32.4 Å². The van der Waals surface area contributed by atoms with Gasteiger partial charge < -0.3 is 11.1 Å². The average Bonchev–Trinajstić information content (AvgIpc) is 2.12. The Labute approximate surface area is 99.4 Å². The highest BCUT2D eigenvalue weighted by Gasteiger charge is 2.18. The molecule has 0 aliphatic heterocycles. The van der Waals surface area contributed by atoms with E-state index in [0.717, 1.165) is 0 Å². The van der Waals surface area contributed by atoms with Crippen LogP contribution in [0.2, 0.25) is 5.15 Å². The van der Waals surface area contributed by atoms with Crippen molar-refractivity contribution in [2.75, 3.05) is 11.9 Å². The number of rotatable bonds is 3. The zero-order valence-corrected chi connectivity index (χ0v) is 10.3. The van der Waals surface area contributed by atoms with Crippen LogP contribution in [-0.4, -0.2) is 22.4 Å². The zero-order valence-electron chi connectivity index (χ0n) is 9.54. The molecule has 3 N–H and O–H groups in total. The Morgan fingerprint density at radius 2 is 2.12 bits per heavy atom. The van der Waals surface area contributed by atoms with Crippen LogP contribution in [0.15, 0.2) is 6.07 Å². The topological polar surface area (TPSA) is 80.9 Å². The summed E-state index contributed by atoms with van der Waals surface area (Å²) in [5.41, 5.74) is 4.82. The molecule has 0 aliphatic carbocycles. The minimum atomic E-state index is -0.452. The molecule has 1 aromatic heterocycles. The quantitative estimate of drug-likeness (QED) is 0.784. The largest absolute Gasteiger partial charge is 0.368 e. The van der Waals surface area contributed by atoms with Crippen molar-refractivity contribution in [3.63, 3.8) is 0 Å². The van der Waals surface area contributed by atoms with E-state index >= 15 is 0 Å². The predicted octanol–water partition coefficient (Wildman–Crippen LogP) is 1.32. The minimum Gasteiger partial charge on any atom is -0.368 e. The lowest BCUT2D eigenvalue weighted by Gasteiger charge is -2.17. The first kappa shape index (κ1) is 12.7. The summed E-state index contributed by atoms with van der Waals surface area (Å²) in [6, 6.07) is 1.56. The van der Waals surface area contributed by atoms with Crippen LogP contribution in [0, 0.1) is 0 Å². The summed E-state index contributed by atoms with van der Waals surface area (Å²) < 4.78 is 0. The second-order valence-corrected chi connectivity index (χ2v) is 4.86. The molecule has 0 aromatic carbocycles. The van der Waals surface area contributed by atoms with Gasteiger partial charge in [0.15, 0.2) is 0 Å². The first-order valence-corrected chi connectivity index (χ1v) is 5.24. The fourth-order valence-electron chi connectivity index (χ4n) is 1.02. The van der Waals surface area contributed by atoms with Crippen molar-refractivity contribution in [2.24, 2.45) is 5.73 Å². The van der Waals surface area contributed by atoms with Gasteiger partial charge in [0, 0.05) is 11.5 Å². The van der Waals surface area contributed by atoms with E-state index in [4.69, 9.17) is 17.3 Å². The number of hydrogen-bond donors (Lipinski definition) is 2. The van der Waals surface area contributed by atoms with Gasteiger partial charge >= 0.3 is 0 Å². The van der Waals surface area contributed by atoms with E-state index in [-0.39, 0.29) is 12.0 Å². The SMILES string of the molecule is CC(C)(C)c1nc(Cl)cc(NCC(N)=O)n1. The van der Waals surface area contributed by atoms with Crippen molar-refractivity contribution in [1.82, 2.24) is 9.97 Å². The molecule has 1 amide bonds. The summed E-state index contributed by atoms with van der Waals surface area (Å²) in [4.78, 5) is 19.0. The van der Waals surface area contributed by atoms with Gasteiger partial charge in [-0.15, -0.1) is 0 Å². The molecule has 0 unspecified atom stereocenters. The van der Waals surface area contributed by atoms with Crippen molar-refractivity contribution in [1.29, 1.82) is 0 Å². The first-order valence-electron chi connectivity index (χ1n) is 4.86. The molecule has 0 bridgehead atoms. The van der Waals surface area contributed by atoms with Gasteiger partial charge in [0.2, 0.25) is 5.91 Å². The second-order valence-electron chi connectivity index (χ2n) is 4.47. The Balaban J connectivity index is 2.94. The van der Waals surface area contributed by atoms with Crippen LogP contribution >= 0.6 is 11.6 Å². The lowest BCUT2D eigenvalue weighted by molar-refractivity contribution is -0.116. The number of nitrogens with zero attached hydrogens (tertiary/aromatic N) is 2. The van der Waals surface area contributed by atoms with Crippen LogP contribution in [0.25, 0.3) is 0 Å². The minimum absolute atomic E-state index is 0.0247. The summed E-state index contributed by atoms with van der Waals surface area (Å²) in [6.45, 7) is 5.97. The normalized spacial score (nSPS) is 11.2. The number of hydrogen-bond acceptors (Lipinski definition) is 4. The number of carbonyl (C=O) groups is 1. The smallest absolute Gasteiger partial charge is 0.236 e. The summed E-state index contributed by atoms with van der Waals surface area (Å²) in [6.07, 6.45) is 0. The van der Waals surface area contributed by atoms with Crippen molar-refractivity contribution < 1.29 is 4.79 Å². The Bertz CT molecular complexity index is 400. The van der Waals surface area contributed by atoms with Crippen molar-refractivity contribution >= 4 is 23.3 Å². The van der Waals surface area contributed by atoms with Gasteiger partial charge in [0.25, 0.3) is 0 Å². The van der Waals surface area contributed by atoms with E-state index in [1.165, 1.54) is 0 Å². The highest BCUT2D eigenvalue weighted by atomic mass is 35.5. The standard InChI is InChI=1S/C10H15ClN4O/c1-10(2,3)9-14-6(11)4-8(15-9)13-5-7(12)16/h4H,5H2,1-3H3,(H2,12,16)(H,13,14,15). The summed E-state index contributed by atoms with van der Waals surface area (Å²) in [7, 11) is 0. The Hall–Kier alpha value is -1.36. The van der Waals surface area contributed by atoms with Crippen molar-refractivity contribution in [3.05, 3.63) is 17.0 Å². The van der Waals surface area contributed by atoms with Gasteiger partial charge in [0.1, 0.15) is 16.8 Å². The molecule has 6 heteroatoms. The zero-order chi connectivity index (χ0) is 12.3. The molecule has 0 radical (unpaired) electrons. The third-order valence-corrected chi connectivity index (χ3v) is 2.00. The molecule has 1 aromatic rings. The number of nitrogens with one attached hydrogen (secondary N) is 1. The molecule has 1 heterocycles. The Morgan fingerprint density at radius 1 is 1.50 bits per heavy atom. The third-order valence-electron chi connectivity index (χ3n) is 1.81. The lowest BCUT2D eigenvalue weighted by atomic mass is 9.96. The summed E-state index contributed by atoms with van der Waals surface area (Å²) in [5.74, 6) is 0.669. The predicted molar refractivity (Wildman–Crippen MR) is 63.4 cm³/mol. The number of halogens is 1. The molecule has 5 nitrogen and oxygen atoms in total. The molecule has 0 saturated carbocycles. The van der Waals surface area contributed by atoms with Gasteiger partial charge in [-0.3, -0.25) is 4.79 Å². The van der Waals surface area contributed by atoms with Crippen LogP contribution in [0.4, 0.5) is 5.82 Å². The molecule has 0 aliphatic rings. The van der Waals surface area contributed by atoms with E-state index in [2.05, 4.69) is 15.3 Å². The third kappa shape index (κ3) is 3.66. The molecule has 0 saturated heterocycles. The van der Waals surface area contributed by atoms with Crippen molar-refractivity contribution in [3.8, 4) is 0 Å². The average molecular weight is 243 g/mol. The molecule has 1 rings (SSSR count). The van der Waals surface area contributed by atoms with E-state index < -0.39 is 5.91 Å². The maximum atomic E-state index is 10.6. The van der Waals surface area contributed by atoms with Crippen LogP contribution in [0.3, 0.4) is 0 Å². The highest BCUT2D eigenvalue weighted by molar-refractivity contribution is 6.29. The summed E-state index contributed by atoms with van der Waals surface area (Å²) in [5, 5.41) is 3.13. The number of anilines is 1. The number of amides is 1. The first-order chi connectivity index (χ1) is 7.29. The second kappa shape index (κ2) is 4.65. The number of nitrogens with two attached hydrogens (primary N) is 1. The maximum absolute atomic E-state index is 10.6. The fourth-order valence-corrected chi connectivity index (χ4v) is 1.20. The number of primary amides is 1. The molecular weight excluding hydrogens is 228 g/mol. The van der Waals surface area contributed by atoms with E-state index in [1.54, 1.807) is 6.07 Å². The molecule has 0 atom stereocenters. The van der Waals surface area contributed by atoms with Gasteiger partial charge in [-0.25, -0.2) is 9.97 Å². The van der Waals surface area contributed by atoms with Crippen molar-refractivity contribution in [2.45, 2.75) is 26.2 Å². The summed E-state index contributed by atoms with van der Waals surface area (Å²) >= 11 is 5.86. The van der Waals surface area contributed by atoms with Gasteiger partial charge in [-0.05, 0) is 0 Å². The van der Waals surface area contributed by atoms with Crippen LogP contribution in [-0.2, 0) is 10.2 Å². The molecular formula is C10H15ClN4O. The van der Waals surface area contributed by atoms with Crippen LogP contribution < -0.4 is 11.1 Å². The van der Waals surface area contributed by atoms with Crippen LogP contribution in [0.5, 0.6) is 0 Å². The monoisotopic (exact) mass is 242 g/mol. The van der Waals surface area contributed by atoms with Gasteiger partial charge in [0.05, 0.1) is 6.54 Å². The lowest BCUT2D eigenvalue weighted by Crippen LogP contribution is -2.23. The van der Waals surface area contributed by atoms with Gasteiger partial charge in [-0.2, -0.15) is 0 Å². The van der Waals surface area contributed by atoms with E-state index in [9.17, 15) is 4.79 Å².